The molecule has 4 nitrogen and oxygen atoms in total. The van der Waals surface area contributed by atoms with Crippen molar-refractivity contribution in [3.63, 3.8) is 0 Å². The summed E-state index contributed by atoms with van der Waals surface area (Å²) >= 11 is 0. The summed E-state index contributed by atoms with van der Waals surface area (Å²) in [6, 6.07) is 0. The molecule has 0 unspecified atom stereocenters. The van der Waals surface area contributed by atoms with E-state index in [1.54, 1.807) is 0 Å². The fourth-order valence-electron chi connectivity index (χ4n) is 2.44. The minimum atomic E-state index is -0.133. The second-order valence-electron chi connectivity index (χ2n) is 4.95. The van der Waals surface area contributed by atoms with Crippen LogP contribution in [0.4, 0.5) is 0 Å². The number of piperidine rings is 1. The maximum absolute atomic E-state index is 11.9. The lowest BCUT2D eigenvalue weighted by Crippen LogP contribution is -2.45. The van der Waals surface area contributed by atoms with Crippen molar-refractivity contribution in [3.05, 3.63) is 0 Å². The van der Waals surface area contributed by atoms with Gasteiger partial charge in [0.25, 0.3) is 0 Å². The number of rotatable bonds is 2. The summed E-state index contributed by atoms with van der Waals surface area (Å²) in [5.74, 6) is 0.611. The zero-order chi connectivity index (χ0) is 11.7. The molecule has 0 radical (unpaired) electrons. The quantitative estimate of drug-likeness (QED) is 0.660. The Morgan fingerprint density at radius 1 is 1.25 bits per heavy atom. The van der Waals surface area contributed by atoms with Crippen LogP contribution in [0.1, 0.15) is 26.2 Å². The van der Waals surface area contributed by atoms with Crippen molar-refractivity contribution in [2.75, 3.05) is 20.2 Å². The Morgan fingerprint density at radius 3 is 2.44 bits per heavy atom. The summed E-state index contributed by atoms with van der Waals surface area (Å²) in [5.41, 5.74) is 0. The third kappa shape index (κ3) is 2.20. The van der Waals surface area contributed by atoms with Crippen LogP contribution in [0, 0.1) is 17.8 Å². The van der Waals surface area contributed by atoms with Crippen LogP contribution in [0.15, 0.2) is 0 Å². The van der Waals surface area contributed by atoms with Gasteiger partial charge in [0.2, 0.25) is 5.91 Å². The lowest BCUT2D eigenvalue weighted by molar-refractivity contribution is -0.151. The second-order valence-corrected chi connectivity index (χ2v) is 4.95. The first-order valence-corrected chi connectivity index (χ1v) is 6.00. The van der Waals surface area contributed by atoms with E-state index >= 15 is 0 Å². The molecule has 1 aliphatic carbocycles. The first-order valence-electron chi connectivity index (χ1n) is 6.00. The average molecular weight is 225 g/mol. The van der Waals surface area contributed by atoms with E-state index in [0.717, 1.165) is 19.3 Å². The van der Waals surface area contributed by atoms with Gasteiger partial charge in [-0.2, -0.15) is 0 Å². The molecule has 1 saturated carbocycles. The second kappa shape index (κ2) is 4.44. The largest absolute Gasteiger partial charge is 0.469 e. The lowest BCUT2D eigenvalue weighted by atomic mass is 9.87. The molecular weight excluding hydrogens is 206 g/mol. The molecule has 2 fully saturated rings. The monoisotopic (exact) mass is 225 g/mol. The molecule has 0 N–H and O–H groups in total. The van der Waals surface area contributed by atoms with E-state index in [4.69, 9.17) is 4.74 Å². The Balaban J connectivity index is 1.91. The van der Waals surface area contributed by atoms with E-state index in [-0.39, 0.29) is 29.6 Å². The minimum Gasteiger partial charge on any atom is -0.469 e. The van der Waals surface area contributed by atoms with E-state index in [1.807, 2.05) is 11.8 Å². The normalized spacial score (nSPS) is 30.0. The predicted molar refractivity (Wildman–Crippen MR) is 58.6 cm³/mol. The number of ether oxygens (including phenoxy) is 1. The topological polar surface area (TPSA) is 46.6 Å². The molecule has 1 amide bonds. The molecule has 1 heterocycles. The fourth-order valence-corrected chi connectivity index (χ4v) is 2.44. The van der Waals surface area contributed by atoms with Crippen molar-refractivity contribution in [1.29, 1.82) is 0 Å². The maximum Gasteiger partial charge on any atom is 0.309 e. The highest BCUT2D eigenvalue weighted by molar-refractivity contribution is 5.81. The standard InChI is InChI=1S/C12H19NO3/c1-8-7-13(11(14)9-3-4-9)6-5-10(8)12(15)16-2/h8-10H,3-7H2,1-2H3/t8-,10+/m1/s1. The molecule has 4 heteroatoms. The first kappa shape index (κ1) is 11.4. The van der Waals surface area contributed by atoms with Gasteiger partial charge in [0, 0.05) is 19.0 Å². The number of hydrogen-bond donors (Lipinski definition) is 0. The van der Waals surface area contributed by atoms with Gasteiger partial charge in [-0.25, -0.2) is 0 Å². The van der Waals surface area contributed by atoms with Crippen LogP contribution in [0.3, 0.4) is 0 Å². The Hall–Kier alpha value is -1.06. The number of methoxy groups -OCH3 is 1. The van der Waals surface area contributed by atoms with E-state index in [2.05, 4.69) is 0 Å². The van der Waals surface area contributed by atoms with Gasteiger partial charge in [-0.15, -0.1) is 0 Å². The molecule has 1 saturated heterocycles. The van der Waals surface area contributed by atoms with Gasteiger partial charge in [0.15, 0.2) is 0 Å². The van der Waals surface area contributed by atoms with Gasteiger partial charge < -0.3 is 9.64 Å². The molecule has 0 aromatic rings. The summed E-state index contributed by atoms with van der Waals surface area (Å²) in [6.45, 7) is 3.43. The van der Waals surface area contributed by atoms with Crippen LogP contribution < -0.4 is 0 Å². The summed E-state index contributed by atoms with van der Waals surface area (Å²) < 4.78 is 4.77. The predicted octanol–water partition coefficient (Wildman–Crippen LogP) is 1.05. The number of esters is 1. The van der Waals surface area contributed by atoms with Crippen molar-refractivity contribution in [2.45, 2.75) is 26.2 Å². The maximum atomic E-state index is 11.9. The highest BCUT2D eigenvalue weighted by atomic mass is 16.5. The molecule has 90 valence electrons. The first-order chi connectivity index (χ1) is 7.63. The van der Waals surface area contributed by atoms with Gasteiger partial charge in [0.05, 0.1) is 13.0 Å². The zero-order valence-electron chi connectivity index (χ0n) is 9.94. The highest BCUT2D eigenvalue weighted by Crippen LogP contribution is 2.33. The summed E-state index contributed by atoms with van der Waals surface area (Å²) in [7, 11) is 1.43. The van der Waals surface area contributed by atoms with Gasteiger partial charge >= 0.3 is 5.97 Å². The number of carbonyl (C=O) groups excluding carboxylic acids is 2. The Kier molecular flexibility index (Phi) is 3.17. The third-order valence-electron chi connectivity index (χ3n) is 3.65. The van der Waals surface area contributed by atoms with Crippen molar-refractivity contribution < 1.29 is 14.3 Å². The Bertz CT molecular complexity index is 299. The summed E-state index contributed by atoms with van der Waals surface area (Å²) in [4.78, 5) is 25.3. The number of nitrogens with zero attached hydrogens (tertiary/aromatic N) is 1. The molecular formula is C12H19NO3. The summed E-state index contributed by atoms with van der Waals surface area (Å²) in [5, 5.41) is 0. The number of likely N-dealkylation sites (tertiary alicyclic amines) is 1. The van der Waals surface area contributed by atoms with Gasteiger partial charge in [-0.3, -0.25) is 9.59 Å². The van der Waals surface area contributed by atoms with E-state index < -0.39 is 0 Å². The smallest absolute Gasteiger partial charge is 0.309 e. The number of amides is 1. The van der Waals surface area contributed by atoms with Crippen molar-refractivity contribution >= 4 is 11.9 Å². The molecule has 2 aliphatic rings. The van der Waals surface area contributed by atoms with Gasteiger partial charge in [0.1, 0.15) is 0 Å². The van der Waals surface area contributed by atoms with Crippen molar-refractivity contribution in [1.82, 2.24) is 4.90 Å². The zero-order valence-corrected chi connectivity index (χ0v) is 9.94. The van der Waals surface area contributed by atoms with E-state index in [9.17, 15) is 9.59 Å². The summed E-state index contributed by atoms with van der Waals surface area (Å²) in [6.07, 6.45) is 2.83. The SMILES string of the molecule is COC(=O)[C@H]1CCN(C(=O)C2CC2)C[C@H]1C. The number of hydrogen-bond acceptors (Lipinski definition) is 3. The van der Waals surface area contributed by atoms with E-state index in [1.165, 1.54) is 7.11 Å². The molecule has 2 atom stereocenters. The molecule has 0 bridgehead atoms. The molecule has 2 rings (SSSR count). The molecule has 0 aromatic carbocycles. The fraction of sp³-hybridized carbons (Fsp3) is 0.833. The van der Waals surface area contributed by atoms with Crippen molar-refractivity contribution in [2.24, 2.45) is 17.8 Å². The highest BCUT2D eigenvalue weighted by Gasteiger charge is 2.38. The van der Waals surface area contributed by atoms with Crippen LogP contribution >= 0.6 is 0 Å². The van der Waals surface area contributed by atoms with Crippen LogP contribution in [0.2, 0.25) is 0 Å². The lowest BCUT2D eigenvalue weighted by Gasteiger charge is -2.35. The van der Waals surface area contributed by atoms with Crippen LogP contribution in [-0.4, -0.2) is 37.0 Å². The minimum absolute atomic E-state index is 0.0340. The Labute approximate surface area is 95.9 Å². The third-order valence-corrected chi connectivity index (χ3v) is 3.65. The average Bonchev–Trinajstić information content (AvgIpc) is 3.10. The molecule has 1 aliphatic heterocycles. The Morgan fingerprint density at radius 2 is 1.94 bits per heavy atom. The van der Waals surface area contributed by atoms with Crippen LogP contribution in [0.5, 0.6) is 0 Å². The van der Waals surface area contributed by atoms with Gasteiger partial charge in [-0.05, 0) is 25.2 Å². The number of carbonyl (C=O) groups is 2. The van der Waals surface area contributed by atoms with Crippen LogP contribution in [0.25, 0.3) is 0 Å². The van der Waals surface area contributed by atoms with E-state index in [0.29, 0.717) is 13.1 Å². The van der Waals surface area contributed by atoms with Crippen molar-refractivity contribution in [3.8, 4) is 0 Å². The molecule has 0 spiro atoms. The van der Waals surface area contributed by atoms with Crippen LogP contribution in [-0.2, 0) is 14.3 Å². The van der Waals surface area contributed by atoms with Gasteiger partial charge in [-0.1, -0.05) is 6.92 Å². The molecule has 0 aromatic heterocycles. The molecule has 16 heavy (non-hydrogen) atoms.